The van der Waals surface area contributed by atoms with Crippen LogP contribution in [0.1, 0.15) is 21.5 Å². The predicted octanol–water partition coefficient (Wildman–Crippen LogP) is 4.01. The number of carbonyl (C=O) groups is 1. The Hall–Kier alpha value is -2.76. The first-order valence-corrected chi connectivity index (χ1v) is 6.19. The van der Waals surface area contributed by atoms with Gasteiger partial charge in [0.25, 0.3) is 0 Å². The fourth-order valence-electron chi connectivity index (χ4n) is 1.82. The summed E-state index contributed by atoms with van der Waals surface area (Å²) in [4.78, 5) is 11.8. The molecular weight excluding hydrogens is 297 g/mol. The number of phenols is 2. The van der Waals surface area contributed by atoms with Gasteiger partial charge in [-0.3, -0.25) is 4.79 Å². The topological polar surface area (TPSA) is 57.5 Å². The molecule has 0 saturated carbocycles. The Balaban J connectivity index is 2.32. The average Bonchev–Trinajstić information content (AvgIpc) is 2.47. The third kappa shape index (κ3) is 3.46. The van der Waals surface area contributed by atoms with E-state index in [0.29, 0.717) is 11.6 Å². The fraction of sp³-hybridized carbons (Fsp3) is 0.0625. The van der Waals surface area contributed by atoms with Gasteiger partial charge in [0.1, 0.15) is 5.56 Å². The lowest BCUT2D eigenvalue weighted by Crippen LogP contribution is -2.05. The molecule has 0 saturated heterocycles. The van der Waals surface area contributed by atoms with Gasteiger partial charge in [-0.15, -0.1) is 0 Å². The van der Waals surface area contributed by atoms with E-state index in [1.807, 2.05) is 0 Å². The van der Waals surface area contributed by atoms with Crippen molar-refractivity contribution in [1.29, 1.82) is 0 Å². The van der Waals surface area contributed by atoms with Gasteiger partial charge in [0.15, 0.2) is 17.3 Å². The van der Waals surface area contributed by atoms with E-state index in [9.17, 15) is 28.2 Å². The van der Waals surface area contributed by atoms with E-state index < -0.39 is 23.2 Å². The highest BCUT2D eigenvalue weighted by Crippen LogP contribution is 2.41. The quantitative estimate of drug-likeness (QED) is 0.511. The number of rotatable bonds is 3. The van der Waals surface area contributed by atoms with Crippen LogP contribution in [0.4, 0.5) is 13.2 Å². The van der Waals surface area contributed by atoms with E-state index in [0.717, 1.165) is 18.2 Å². The highest BCUT2D eigenvalue weighted by atomic mass is 19.4. The summed E-state index contributed by atoms with van der Waals surface area (Å²) in [5.41, 5.74) is -1.02. The molecule has 0 heterocycles. The molecule has 114 valence electrons. The van der Waals surface area contributed by atoms with Crippen molar-refractivity contribution >= 4 is 11.9 Å². The molecule has 0 radical (unpaired) electrons. The number of hydrogen-bond donors (Lipinski definition) is 2. The zero-order chi connectivity index (χ0) is 16.3. The van der Waals surface area contributed by atoms with Gasteiger partial charge in [-0.25, -0.2) is 0 Å². The molecule has 2 N–H and O–H groups in total. The lowest BCUT2D eigenvalue weighted by Gasteiger charge is -2.11. The molecule has 0 amide bonds. The first-order chi connectivity index (χ1) is 10.3. The molecule has 0 atom stereocenters. The second-order valence-corrected chi connectivity index (χ2v) is 4.50. The van der Waals surface area contributed by atoms with E-state index in [2.05, 4.69) is 0 Å². The Kier molecular flexibility index (Phi) is 4.21. The molecule has 22 heavy (non-hydrogen) atoms. The van der Waals surface area contributed by atoms with Crippen LogP contribution in [0.2, 0.25) is 0 Å². The van der Waals surface area contributed by atoms with E-state index in [1.165, 1.54) is 0 Å². The van der Waals surface area contributed by atoms with Crippen LogP contribution in [0, 0.1) is 0 Å². The normalized spacial score (nSPS) is 11.8. The standard InChI is InChI=1S/C16H11F3O3/c17-16(18,19)12-8-10(9-14(21)15(12)22)6-7-13(20)11-4-2-1-3-5-11/h1-9,21-22H. The molecular formula is C16H11F3O3. The Morgan fingerprint density at radius 3 is 2.27 bits per heavy atom. The summed E-state index contributed by atoms with van der Waals surface area (Å²) in [6, 6.07) is 9.80. The molecule has 0 spiro atoms. The van der Waals surface area contributed by atoms with Crippen molar-refractivity contribution in [2.24, 2.45) is 0 Å². The summed E-state index contributed by atoms with van der Waals surface area (Å²) in [5, 5.41) is 18.6. The maximum absolute atomic E-state index is 12.7. The number of aromatic hydroxyl groups is 2. The maximum atomic E-state index is 12.7. The highest BCUT2D eigenvalue weighted by molar-refractivity contribution is 6.06. The summed E-state index contributed by atoms with van der Waals surface area (Å²) in [6.07, 6.45) is -2.57. The molecule has 3 nitrogen and oxygen atoms in total. The number of allylic oxidation sites excluding steroid dienone is 1. The number of ketones is 1. The predicted molar refractivity (Wildman–Crippen MR) is 74.6 cm³/mol. The fourth-order valence-corrected chi connectivity index (χ4v) is 1.82. The number of phenolic OH excluding ortho intramolecular Hbond substituents is 2. The van der Waals surface area contributed by atoms with E-state index >= 15 is 0 Å². The highest BCUT2D eigenvalue weighted by Gasteiger charge is 2.35. The van der Waals surface area contributed by atoms with Crippen molar-refractivity contribution < 1.29 is 28.2 Å². The van der Waals surface area contributed by atoms with Crippen LogP contribution in [-0.2, 0) is 6.18 Å². The van der Waals surface area contributed by atoms with Crippen LogP contribution in [0.5, 0.6) is 11.5 Å². The van der Waals surface area contributed by atoms with Gasteiger partial charge in [-0.1, -0.05) is 36.4 Å². The summed E-state index contributed by atoms with van der Waals surface area (Å²) in [6.45, 7) is 0. The minimum atomic E-state index is -4.81. The van der Waals surface area contributed by atoms with Crippen LogP contribution < -0.4 is 0 Å². The first kappa shape index (κ1) is 15.6. The van der Waals surface area contributed by atoms with Gasteiger partial charge < -0.3 is 10.2 Å². The van der Waals surface area contributed by atoms with Crippen molar-refractivity contribution in [3.05, 3.63) is 65.2 Å². The van der Waals surface area contributed by atoms with Gasteiger partial charge in [0, 0.05) is 5.56 Å². The average molecular weight is 308 g/mol. The lowest BCUT2D eigenvalue weighted by atomic mass is 10.1. The molecule has 0 aliphatic heterocycles. The molecule has 0 unspecified atom stereocenters. The number of halogens is 3. The van der Waals surface area contributed by atoms with Crippen molar-refractivity contribution in [2.75, 3.05) is 0 Å². The van der Waals surface area contributed by atoms with Crippen LogP contribution >= 0.6 is 0 Å². The zero-order valence-corrected chi connectivity index (χ0v) is 11.1. The molecule has 2 aromatic carbocycles. The number of alkyl halides is 3. The van der Waals surface area contributed by atoms with Crippen LogP contribution in [0.15, 0.2) is 48.5 Å². The minimum absolute atomic E-state index is 0.0492. The summed E-state index contributed by atoms with van der Waals surface area (Å²) >= 11 is 0. The summed E-state index contributed by atoms with van der Waals surface area (Å²) in [7, 11) is 0. The molecule has 6 heteroatoms. The smallest absolute Gasteiger partial charge is 0.420 e. The van der Waals surface area contributed by atoms with Crippen molar-refractivity contribution in [2.45, 2.75) is 6.18 Å². The SMILES string of the molecule is O=C(C=Cc1cc(O)c(O)c(C(F)(F)F)c1)c1ccccc1. The van der Waals surface area contributed by atoms with Crippen LogP contribution in [-0.4, -0.2) is 16.0 Å². The van der Waals surface area contributed by atoms with Gasteiger partial charge in [0.05, 0.1) is 0 Å². The number of carbonyl (C=O) groups excluding carboxylic acids is 1. The van der Waals surface area contributed by atoms with E-state index in [1.54, 1.807) is 30.3 Å². The second kappa shape index (κ2) is 5.93. The first-order valence-electron chi connectivity index (χ1n) is 6.19. The van der Waals surface area contributed by atoms with Crippen LogP contribution in [0.3, 0.4) is 0 Å². The van der Waals surface area contributed by atoms with Crippen molar-refractivity contribution in [3.8, 4) is 11.5 Å². The molecule has 0 fully saturated rings. The molecule has 0 aliphatic rings. The van der Waals surface area contributed by atoms with Gasteiger partial charge >= 0.3 is 6.18 Å². The van der Waals surface area contributed by atoms with E-state index in [4.69, 9.17) is 0 Å². The Morgan fingerprint density at radius 2 is 1.68 bits per heavy atom. The second-order valence-electron chi connectivity index (χ2n) is 4.50. The molecule has 0 aliphatic carbocycles. The van der Waals surface area contributed by atoms with Gasteiger partial charge in [-0.05, 0) is 23.8 Å². The van der Waals surface area contributed by atoms with Crippen molar-refractivity contribution in [1.82, 2.24) is 0 Å². The molecule has 2 aromatic rings. The molecule has 0 aromatic heterocycles. The van der Waals surface area contributed by atoms with Gasteiger partial charge in [-0.2, -0.15) is 13.2 Å². The van der Waals surface area contributed by atoms with Gasteiger partial charge in [0.2, 0.25) is 0 Å². The molecule has 2 rings (SSSR count). The summed E-state index contributed by atoms with van der Waals surface area (Å²) in [5.74, 6) is -2.53. The lowest BCUT2D eigenvalue weighted by molar-refractivity contribution is -0.138. The number of hydrogen-bond acceptors (Lipinski definition) is 3. The number of benzene rings is 2. The van der Waals surface area contributed by atoms with Crippen LogP contribution in [0.25, 0.3) is 6.08 Å². The monoisotopic (exact) mass is 308 g/mol. The van der Waals surface area contributed by atoms with Crippen molar-refractivity contribution in [3.63, 3.8) is 0 Å². The Labute approximate surface area is 124 Å². The third-order valence-corrected chi connectivity index (χ3v) is 2.90. The largest absolute Gasteiger partial charge is 0.504 e. The Bertz CT molecular complexity index is 719. The molecule has 0 bridgehead atoms. The minimum Gasteiger partial charge on any atom is -0.504 e. The Morgan fingerprint density at radius 1 is 1.05 bits per heavy atom. The van der Waals surface area contributed by atoms with E-state index in [-0.39, 0.29) is 11.3 Å². The summed E-state index contributed by atoms with van der Waals surface area (Å²) < 4.78 is 38.1. The maximum Gasteiger partial charge on any atom is 0.420 e. The zero-order valence-electron chi connectivity index (χ0n) is 11.1. The third-order valence-electron chi connectivity index (χ3n) is 2.90.